The fraction of sp³-hybridized carbons (Fsp3) is 0.750. The number of aliphatic hydroxyl groups is 1. The molecule has 0 saturated carbocycles. The Hall–Kier alpha value is 0.430. The largest absolute Gasteiger partial charge is 1.00 e. The van der Waals surface area contributed by atoms with Crippen molar-refractivity contribution in [1.82, 2.24) is 0 Å². The Labute approximate surface area is 70.0 Å². The van der Waals surface area contributed by atoms with Crippen LogP contribution in [0.4, 0.5) is 0 Å². The van der Waals surface area contributed by atoms with E-state index in [9.17, 15) is 9.90 Å². The monoisotopic (exact) mass is 128 g/mol. The van der Waals surface area contributed by atoms with Crippen LogP contribution < -0.4 is 34.7 Å². The van der Waals surface area contributed by atoms with Gasteiger partial charge in [0.25, 0.3) is 0 Å². The summed E-state index contributed by atoms with van der Waals surface area (Å²) in [6.45, 7) is 1.40. The van der Waals surface area contributed by atoms with Gasteiger partial charge in [0.1, 0.15) is 0 Å². The van der Waals surface area contributed by atoms with Gasteiger partial charge < -0.3 is 15.0 Å². The fourth-order valence-corrected chi connectivity index (χ4v) is 0.241. The van der Waals surface area contributed by atoms with E-state index in [1.165, 1.54) is 6.92 Å². The van der Waals surface area contributed by atoms with Gasteiger partial charge in [-0.25, -0.2) is 0 Å². The van der Waals surface area contributed by atoms with Crippen LogP contribution in [0.5, 0.6) is 0 Å². The molecule has 0 heterocycles. The van der Waals surface area contributed by atoms with Gasteiger partial charge in [0.05, 0.1) is 6.10 Å². The number of carbonyl (C=O) groups is 1. The molecule has 42 valence electrons. The minimum Gasteiger partial charge on any atom is -0.550 e. The summed E-state index contributed by atoms with van der Waals surface area (Å²) >= 11 is 0. The first-order valence-corrected chi connectivity index (χ1v) is 2.01. The summed E-state index contributed by atoms with van der Waals surface area (Å²) in [5.74, 6) is -1.21. The van der Waals surface area contributed by atoms with Crippen molar-refractivity contribution in [2.45, 2.75) is 19.4 Å². The van der Waals surface area contributed by atoms with Crippen LogP contribution in [0.25, 0.3) is 0 Å². The second-order valence-corrected chi connectivity index (χ2v) is 1.43. The van der Waals surface area contributed by atoms with Gasteiger partial charge in [-0.15, -0.1) is 0 Å². The number of carboxylic acid groups (broad SMARTS) is 1. The van der Waals surface area contributed by atoms with Gasteiger partial charge in [-0.2, -0.15) is 0 Å². The summed E-state index contributed by atoms with van der Waals surface area (Å²) in [7, 11) is 0. The maximum absolute atomic E-state index is 9.54. The minimum atomic E-state index is -1.21. The topological polar surface area (TPSA) is 60.4 Å². The smallest absolute Gasteiger partial charge is 0.550 e. The molecule has 0 spiro atoms. The van der Waals surface area contributed by atoms with E-state index in [1.54, 1.807) is 0 Å². The summed E-state index contributed by atoms with van der Waals surface area (Å²) in [5.41, 5.74) is 0. The molecule has 0 aliphatic heterocycles. The van der Waals surface area contributed by atoms with E-state index in [0.717, 1.165) is 0 Å². The van der Waals surface area contributed by atoms with Crippen LogP contribution in [0, 0.1) is 0 Å². The first-order chi connectivity index (χ1) is 3.13. The predicted molar refractivity (Wildman–Crippen MR) is 21.3 cm³/mol. The van der Waals surface area contributed by atoms with Crippen LogP contribution in [0.1, 0.15) is 13.3 Å². The Morgan fingerprint density at radius 3 is 2.25 bits per heavy atom. The fourth-order valence-electron chi connectivity index (χ4n) is 0.241. The summed E-state index contributed by atoms with van der Waals surface area (Å²) in [6.07, 6.45) is -1.06. The maximum Gasteiger partial charge on any atom is 1.00 e. The molecule has 4 heteroatoms. The maximum atomic E-state index is 9.54. The van der Waals surface area contributed by atoms with Crippen molar-refractivity contribution in [3.05, 3.63) is 0 Å². The number of rotatable bonds is 2. The Balaban J connectivity index is 0. The van der Waals surface area contributed by atoms with Gasteiger partial charge >= 0.3 is 29.6 Å². The van der Waals surface area contributed by atoms with E-state index in [4.69, 9.17) is 5.11 Å². The van der Waals surface area contributed by atoms with Crippen molar-refractivity contribution in [3.8, 4) is 0 Å². The molecule has 0 radical (unpaired) electrons. The molecule has 0 aliphatic carbocycles. The Morgan fingerprint density at radius 2 is 2.25 bits per heavy atom. The number of carbonyl (C=O) groups excluding carboxylic acids is 1. The summed E-state index contributed by atoms with van der Waals surface area (Å²) < 4.78 is 0. The Morgan fingerprint density at radius 1 is 1.88 bits per heavy atom. The van der Waals surface area contributed by atoms with E-state index in [0.29, 0.717) is 0 Å². The van der Waals surface area contributed by atoms with Crippen LogP contribution in [0.15, 0.2) is 0 Å². The summed E-state index contributed by atoms with van der Waals surface area (Å²) in [5, 5.41) is 17.8. The molecule has 3 nitrogen and oxygen atoms in total. The number of aliphatic hydroxyl groups excluding tert-OH is 1. The van der Waals surface area contributed by atoms with Crippen molar-refractivity contribution >= 4 is 5.97 Å². The van der Waals surface area contributed by atoms with Crippen molar-refractivity contribution in [1.29, 1.82) is 0 Å². The third-order valence-corrected chi connectivity index (χ3v) is 0.462. The standard InChI is InChI=1S/C4H8O3.Na/c1-3(5)2-4(6)7;/h3,5H,2H2,1H3,(H,6,7);/q;+1/p-1/t3-;/m1./s1/i2+1,4+1;. The van der Waals surface area contributed by atoms with Gasteiger partial charge in [0.2, 0.25) is 0 Å². The second kappa shape index (κ2) is 5.56. The van der Waals surface area contributed by atoms with Crippen molar-refractivity contribution in [3.63, 3.8) is 0 Å². The zero-order chi connectivity index (χ0) is 5.86. The zero-order valence-electron chi connectivity index (χ0n) is 5.05. The molecule has 0 unspecified atom stereocenters. The first kappa shape index (κ1) is 11.3. The van der Waals surface area contributed by atoms with Crippen molar-refractivity contribution in [2.24, 2.45) is 0 Å². The van der Waals surface area contributed by atoms with Gasteiger partial charge in [0, 0.05) is 12.4 Å². The molecule has 0 aromatic heterocycles. The van der Waals surface area contributed by atoms with Crippen molar-refractivity contribution < 1.29 is 44.6 Å². The third kappa shape index (κ3) is 9.66. The van der Waals surface area contributed by atoms with Gasteiger partial charge in [-0.05, 0) is 6.92 Å². The average Bonchev–Trinajstić information content (AvgIpc) is 1.27. The van der Waals surface area contributed by atoms with E-state index in [-0.39, 0.29) is 36.0 Å². The molecule has 0 rings (SSSR count). The molecule has 0 aromatic rings. The zero-order valence-corrected chi connectivity index (χ0v) is 7.05. The Bertz CT molecular complexity index is 71.7. The first-order valence-electron chi connectivity index (χ1n) is 2.01. The van der Waals surface area contributed by atoms with E-state index < -0.39 is 12.1 Å². The van der Waals surface area contributed by atoms with Crippen LogP contribution in [-0.4, -0.2) is 17.2 Å². The molecule has 8 heavy (non-hydrogen) atoms. The van der Waals surface area contributed by atoms with Gasteiger partial charge in [0.15, 0.2) is 0 Å². The molecular weight excluding hydrogens is 121 g/mol. The van der Waals surface area contributed by atoms with E-state index in [2.05, 4.69) is 0 Å². The van der Waals surface area contributed by atoms with Crippen LogP contribution in [0.3, 0.4) is 0 Å². The number of carboxylic acids is 1. The Kier molecular flexibility index (Phi) is 7.83. The van der Waals surface area contributed by atoms with Gasteiger partial charge in [-0.1, -0.05) is 0 Å². The molecular formula is C4H7NaO3. The number of hydrogen-bond donors (Lipinski definition) is 1. The molecule has 0 amide bonds. The average molecular weight is 128 g/mol. The van der Waals surface area contributed by atoms with Crippen LogP contribution in [-0.2, 0) is 4.79 Å². The van der Waals surface area contributed by atoms with Crippen LogP contribution in [0.2, 0.25) is 0 Å². The van der Waals surface area contributed by atoms with E-state index in [1.807, 2.05) is 0 Å². The molecule has 0 aliphatic rings. The summed E-state index contributed by atoms with van der Waals surface area (Å²) in [6, 6.07) is 0. The molecule has 0 fully saturated rings. The van der Waals surface area contributed by atoms with E-state index >= 15 is 0 Å². The third-order valence-electron chi connectivity index (χ3n) is 0.462. The van der Waals surface area contributed by atoms with Gasteiger partial charge in [-0.3, -0.25) is 0 Å². The quantitative estimate of drug-likeness (QED) is 0.301. The minimum absolute atomic E-state index is 0. The predicted octanol–water partition coefficient (Wildman–Crippen LogP) is -4.49. The normalized spacial score (nSPS) is 11.8. The molecule has 1 atom stereocenters. The second-order valence-electron chi connectivity index (χ2n) is 1.43. The molecule has 0 aromatic carbocycles. The molecule has 1 N–H and O–H groups in total. The number of aliphatic carboxylic acids is 1. The van der Waals surface area contributed by atoms with Crippen LogP contribution >= 0.6 is 0 Å². The SMILES string of the molecule is C[C@@H](O)[13CH2][13C](=O)[O-].[Na+]. The molecule has 0 saturated heterocycles. The molecule has 0 bridgehead atoms. The number of hydrogen-bond acceptors (Lipinski definition) is 3. The van der Waals surface area contributed by atoms with Crippen molar-refractivity contribution in [2.75, 3.05) is 0 Å². The summed E-state index contributed by atoms with van der Waals surface area (Å²) in [4.78, 5) is 9.54.